The van der Waals surface area contributed by atoms with Gasteiger partial charge in [-0.15, -0.1) is 0 Å². The van der Waals surface area contributed by atoms with Crippen molar-refractivity contribution in [3.8, 4) is 5.75 Å². The number of pyridine rings is 2. The van der Waals surface area contributed by atoms with Gasteiger partial charge < -0.3 is 19.5 Å². The number of aromatic nitrogens is 3. The minimum Gasteiger partial charge on any atom is -0.492 e. The topological polar surface area (TPSA) is 102 Å². The molecule has 0 saturated carbocycles. The van der Waals surface area contributed by atoms with Gasteiger partial charge >= 0.3 is 0 Å². The van der Waals surface area contributed by atoms with Crippen LogP contribution in [0.4, 0.5) is 21.7 Å². The van der Waals surface area contributed by atoms with E-state index in [1.54, 1.807) is 42.3 Å². The lowest BCUT2D eigenvalue weighted by Crippen LogP contribution is -2.30. The normalized spacial score (nSPS) is 13.2. The van der Waals surface area contributed by atoms with E-state index in [0.717, 1.165) is 5.56 Å². The minimum atomic E-state index is -0.622. The number of amides is 1. The Morgan fingerprint density at radius 2 is 1.95 bits per heavy atom. The van der Waals surface area contributed by atoms with Crippen molar-refractivity contribution in [3.63, 3.8) is 0 Å². The molecule has 9 nitrogen and oxygen atoms in total. The van der Waals surface area contributed by atoms with Gasteiger partial charge in [-0.2, -0.15) is 14.1 Å². The molecular weight excluding hydrogens is 477 g/mol. The van der Waals surface area contributed by atoms with Gasteiger partial charge in [0.1, 0.15) is 17.0 Å². The monoisotopic (exact) mass is 505 g/mol. The molecular formula is C27H28FN5O4. The van der Waals surface area contributed by atoms with Crippen molar-refractivity contribution in [3.05, 3.63) is 69.5 Å². The first-order valence-corrected chi connectivity index (χ1v) is 12.1. The van der Waals surface area contributed by atoms with Crippen molar-refractivity contribution in [1.29, 1.82) is 0 Å². The van der Waals surface area contributed by atoms with Gasteiger partial charge in [0.2, 0.25) is 5.95 Å². The molecule has 37 heavy (non-hydrogen) atoms. The maximum Gasteiger partial charge on any atom is 0.294 e. The number of aryl methyl sites for hydroxylation is 1. The van der Waals surface area contributed by atoms with Crippen LogP contribution in [0, 0.1) is 12.9 Å². The number of carbonyl (C=O) groups is 1. The Balaban J connectivity index is 1.40. The summed E-state index contributed by atoms with van der Waals surface area (Å²) in [6.07, 6.45) is 2.11. The lowest BCUT2D eigenvalue weighted by Gasteiger charge is -2.22. The number of ether oxygens (including phenoxy) is 1. The van der Waals surface area contributed by atoms with Crippen molar-refractivity contribution >= 4 is 34.2 Å². The van der Waals surface area contributed by atoms with E-state index in [1.807, 2.05) is 27.7 Å². The first-order valence-electron chi connectivity index (χ1n) is 12.1. The Kier molecular flexibility index (Phi) is 5.97. The summed E-state index contributed by atoms with van der Waals surface area (Å²) >= 11 is 0. The average molecular weight is 506 g/mol. The summed E-state index contributed by atoms with van der Waals surface area (Å²) < 4.78 is 27.2. The highest BCUT2D eigenvalue weighted by Crippen LogP contribution is 2.37. The number of hydrogen-bond acceptors (Lipinski definition) is 7. The summed E-state index contributed by atoms with van der Waals surface area (Å²) in [5.74, 6) is 0.204. The summed E-state index contributed by atoms with van der Waals surface area (Å²) in [6, 6.07) is 8.29. The molecule has 0 aliphatic carbocycles. The summed E-state index contributed by atoms with van der Waals surface area (Å²) in [6.45, 7) is 9.99. The standard InChI is InChI=1S/C27H28FN5O4/c1-6-32-23-17(25(34)31-22-15(2)12-20(28)30-24(22)32)13-16(14-29-23)10-11-36-18-8-7-9-19-21(18)26(35)33(37-19)27(3,4)5/h7-9,12-14H,6,10-11H2,1-5H3,(H,31,34). The van der Waals surface area contributed by atoms with Crippen LogP contribution in [0.1, 0.15) is 49.2 Å². The molecule has 1 N–H and O–H groups in total. The number of rotatable bonds is 5. The van der Waals surface area contributed by atoms with E-state index in [9.17, 15) is 14.0 Å². The molecule has 4 aromatic rings. The molecule has 0 fully saturated rings. The molecule has 1 aliphatic heterocycles. The zero-order valence-electron chi connectivity index (χ0n) is 21.4. The molecule has 4 heterocycles. The van der Waals surface area contributed by atoms with E-state index >= 15 is 0 Å². The molecule has 5 rings (SSSR count). The summed E-state index contributed by atoms with van der Waals surface area (Å²) in [7, 11) is 0. The predicted molar refractivity (Wildman–Crippen MR) is 138 cm³/mol. The summed E-state index contributed by atoms with van der Waals surface area (Å²) in [5, 5.41) is 3.25. The lowest BCUT2D eigenvalue weighted by atomic mass is 10.1. The zero-order valence-corrected chi connectivity index (χ0v) is 21.4. The zero-order chi connectivity index (χ0) is 26.5. The highest BCUT2D eigenvalue weighted by molar-refractivity contribution is 6.11. The van der Waals surface area contributed by atoms with Gasteiger partial charge in [0.25, 0.3) is 11.5 Å². The molecule has 0 atom stereocenters. The van der Waals surface area contributed by atoms with Gasteiger partial charge in [0.05, 0.1) is 23.4 Å². The van der Waals surface area contributed by atoms with Gasteiger partial charge in [0.15, 0.2) is 11.4 Å². The van der Waals surface area contributed by atoms with Gasteiger partial charge in [-0.25, -0.2) is 4.98 Å². The van der Waals surface area contributed by atoms with Crippen molar-refractivity contribution in [2.24, 2.45) is 0 Å². The lowest BCUT2D eigenvalue weighted by molar-refractivity contribution is 0.102. The Morgan fingerprint density at radius 1 is 1.16 bits per heavy atom. The smallest absolute Gasteiger partial charge is 0.294 e. The average Bonchev–Trinajstić information content (AvgIpc) is 3.14. The van der Waals surface area contributed by atoms with Gasteiger partial charge in [-0.3, -0.25) is 9.59 Å². The number of hydrogen-bond donors (Lipinski definition) is 1. The largest absolute Gasteiger partial charge is 0.492 e. The van der Waals surface area contributed by atoms with E-state index in [1.165, 1.54) is 10.8 Å². The fourth-order valence-corrected chi connectivity index (χ4v) is 4.45. The van der Waals surface area contributed by atoms with Crippen LogP contribution in [0.25, 0.3) is 11.0 Å². The molecule has 0 radical (unpaired) electrons. The fraction of sp³-hybridized carbons (Fsp3) is 0.333. The molecule has 0 unspecified atom stereocenters. The number of benzene rings is 1. The van der Waals surface area contributed by atoms with Crippen LogP contribution >= 0.6 is 0 Å². The Bertz CT molecular complexity index is 1580. The van der Waals surface area contributed by atoms with Crippen LogP contribution < -0.4 is 20.5 Å². The number of carbonyl (C=O) groups excluding carboxylic acids is 1. The van der Waals surface area contributed by atoms with Crippen LogP contribution in [0.3, 0.4) is 0 Å². The van der Waals surface area contributed by atoms with Crippen molar-refractivity contribution < 1.29 is 18.4 Å². The third-order valence-electron chi connectivity index (χ3n) is 6.23. The second-order valence-corrected chi connectivity index (χ2v) is 9.96. The Labute approximate surface area is 212 Å². The maximum atomic E-state index is 14.1. The van der Waals surface area contributed by atoms with E-state index in [0.29, 0.717) is 58.1 Å². The first-order chi connectivity index (χ1) is 17.6. The van der Waals surface area contributed by atoms with E-state index < -0.39 is 11.5 Å². The molecule has 0 saturated heterocycles. The molecule has 1 aliphatic rings. The van der Waals surface area contributed by atoms with Crippen LogP contribution in [-0.2, 0) is 12.0 Å². The quantitative estimate of drug-likeness (QED) is 0.384. The SMILES string of the molecule is CCN1c2ncc(CCOc3cccc4on(C(C)(C)C)c(=O)c34)cc2C(=O)Nc2c(C)cc(F)nc21. The van der Waals surface area contributed by atoms with E-state index in [2.05, 4.69) is 15.3 Å². The summed E-state index contributed by atoms with van der Waals surface area (Å²) in [4.78, 5) is 36.3. The molecule has 0 spiro atoms. The third-order valence-corrected chi connectivity index (χ3v) is 6.23. The number of fused-ring (bicyclic) bond motifs is 3. The third kappa shape index (κ3) is 4.32. The molecule has 192 valence electrons. The minimum absolute atomic E-state index is 0.249. The van der Waals surface area contributed by atoms with Crippen molar-refractivity contribution in [1.82, 2.24) is 14.7 Å². The molecule has 1 aromatic carbocycles. The molecule has 3 aromatic heterocycles. The van der Waals surface area contributed by atoms with Crippen molar-refractivity contribution in [2.75, 3.05) is 23.4 Å². The van der Waals surface area contributed by atoms with Crippen LogP contribution in [-0.4, -0.2) is 33.8 Å². The number of nitrogens with zero attached hydrogens (tertiary/aromatic N) is 4. The Morgan fingerprint density at radius 3 is 2.68 bits per heavy atom. The highest BCUT2D eigenvalue weighted by Gasteiger charge is 2.29. The Hall–Kier alpha value is -4.21. The van der Waals surface area contributed by atoms with Gasteiger partial charge in [-0.1, -0.05) is 6.07 Å². The van der Waals surface area contributed by atoms with Crippen LogP contribution in [0.5, 0.6) is 5.75 Å². The molecule has 10 heteroatoms. The second kappa shape index (κ2) is 9.02. The highest BCUT2D eigenvalue weighted by atomic mass is 19.1. The first kappa shape index (κ1) is 24.5. The van der Waals surface area contributed by atoms with Crippen LogP contribution in [0.2, 0.25) is 0 Å². The molecule has 1 amide bonds. The summed E-state index contributed by atoms with van der Waals surface area (Å²) in [5.41, 5.74) is 1.88. The number of nitrogens with one attached hydrogen (secondary N) is 1. The fourth-order valence-electron chi connectivity index (χ4n) is 4.45. The van der Waals surface area contributed by atoms with Gasteiger partial charge in [0, 0.05) is 19.2 Å². The van der Waals surface area contributed by atoms with Crippen molar-refractivity contribution in [2.45, 2.75) is 46.6 Å². The predicted octanol–water partition coefficient (Wildman–Crippen LogP) is 4.93. The maximum absolute atomic E-state index is 14.1. The van der Waals surface area contributed by atoms with E-state index in [-0.39, 0.29) is 18.1 Å². The van der Waals surface area contributed by atoms with Gasteiger partial charge in [-0.05, 0) is 70.0 Å². The molecule has 0 bridgehead atoms. The van der Waals surface area contributed by atoms with E-state index in [4.69, 9.17) is 9.26 Å². The van der Waals surface area contributed by atoms with Crippen LogP contribution in [0.15, 0.2) is 45.8 Å². The number of halogens is 1. The number of anilines is 3. The second-order valence-electron chi connectivity index (χ2n) is 9.96.